The van der Waals surface area contributed by atoms with Crippen LogP contribution in [0.1, 0.15) is 12.8 Å². The largest absolute Gasteiger partial charge is 0.411 e. The van der Waals surface area contributed by atoms with Crippen LogP contribution in [0.3, 0.4) is 0 Å². The summed E-state index contributed by atoms with van der Waals surface area (Å²) in [4.78, 5) is 0. The van der Waals surface area contributed by atoms with Crippen molar-refractivity contribution in [3.8, 4) is 6.07 Å². The van der Waals surface area contributed by atoms with E-state index in [1.807, 2.05) is 6.07 Å². The lowest BCUT2D eigenvalue weighted by Gasteiger charge is -2.16. The second-order valence-corrected chi connectivity index (χ2v) is 5.51. The molecule has 112 valence electrons. The molecule has 19 heavy (non-hydrogen) atoms. The molecule has 0 fully saturated rings. The van der Waals surface area contributed by atoms with Gasteiger partial charge in [0.15, 0.2) is 0 Å². The van der Waals surface area contributed by atoms with E-state index in [0.29, 0.717) is 0 Å². The molecule has 6 nitrogen and oxygen atoms in total. The molecule has 0 heterocycles. The SMILES string of the molecule is CN(CCC#N)S(=O)(=O)NCCCOCC(F)(F)F. The average Bonchev–Trinajstić information content (AvgIpc) is 2.29. The molecule has 0 unspecified atom stereocenters. The first-order valence-corrected chi connectivity index (χ1v) is 6.85. The Morgan fingerprint density at radius 2 is 2.05 bits per heavy atom. The topological polar surface area (TPSA) is 82.4 Å². The van der Waals surface area contributed by atoms with Gasteiger partial charge in [-0.15, -0.1) is 0 Å². The minimum Gasteiger partial charge on any atom is -0.372 e. The van der Waals surface area contributed by atoms with Crippen LogP contribution in [0.15, 0.2) is 0 Å². The summed E-state index contributed by atoms with van der Waals surface area (Å²) in [6, 6.07) is 1.81. The summed E-state index contributed by atoms with van der Waals surface area (Å²) < 4.78 is 65.6. The Labute approximate surface area is 110 Å². The second kappa shape index (κ2) is 8.31. The third-order valence-electron chi connectivity index (χ3n) is 1.96. The van der Waals surface area contributed by atoms with Gasteiger partial charge in [-0.05, 0) is 6.42 Å². The number of ether oxygens (including phenoxy) is 1. The summed E-state index contributed by atoms with van der Waals surface area (Å²) in [7, 11) is -2.39. The number of hydrogen-bond donors (Lipinski definition) is 1. The average molecular weight is 303 g/mol. The van der Waals surface area contributed by atoms with Gasteiger partial charge in [0.05, 0.1) is 6.07 Å². The van der Waals surface area contributed by atoms with Crippen molar-refractivity contribution in [2.45, 2.75) is 19.0 Å². The minimum absolute atomic E-state index is 0.0307. The Kier molecular flexibility index (Phi) is 7.93. The zero-order valence-corrected chi connectivity index (χ0v) is 11.2. The Morgan fingerprint density at radius 3 is 2.58 bits per heavy atom. The third kappa shape index (κ3) is 9.66. The Balaban J connectivity index is 3.79. The van der Waals surface area contributed by atoms with Gasteiger partial charge in [-0.2, -0.15) is 31.2 Å². The fourth-order valence-corrected chi connectivity index (χ4v) is 1.96. The summed E-state index contributed by atoms with van der Waals surface area (Å²) in [5, 5.41) is 8.32. The molecule has 0 aliphatic carbocycles. The number of alkyl halides is 3. The molecule has 0 aromatic heterocycles. The molecule has 0 aromatic carbocycles. The van der Waals surface area contributed by atoms with Crippen molar-refractivity contribution < 1.29 is 26.3 Å². The van der Waals surface area contributed by atoms with E-state index in [2.05, 4.69) is 9.46 Å². The van der Waals surface area contributed by atoms with Crippen molar-refractivity contribution in [1.29, 1.82) is 5.26 Å². The summed E-state index contributed by atoms with van der Waals surface area (Å²) in [5.74, 6) is 0. The van der Waals surface area contributed by atoms with Crippen molar-refractivity contribution in [1.82, 2.24) is 9.03 Å². The first kappa shape index (κ1) is 18.1. The Bertz CT molecular complexity index is 392. The van der Waals surface area contributed by atoms with E-state index in [9.17, 15) is 21.6 Å². The maximum Gasteiger partial charge on any atom is 0.411 e. The Hall–Kier alpha value is -0.890. The monoisotopic (exact) mass is 303 g/mol. The highest BCUT2D eigenvalue weighted by atomic mass is 32.2. The molecule has 0 radical (unpaired) electrons. The molecule has 0 atom stereocenters. The molecule has 10 heteroatoms. The zero-order valence-electron chi connectivity index (χ0n) is 10.4. The molecule has 0 rings (SSSR count). The second-order valence-electron chi connectivity index (χ2n) is 3.65. The number of nitrogens with zero attached hydrogens (tertiary/aromatic N) is 2. The Morgan fingerprint density at radius 1 is 1.42 bits per heavy atom. The molecule has 0 aromatic rings. The van der Waals surface area contributed by atoms with Crippen LogP contribution in [-0.4, -0.2) is 52.3 Å². The fraction of sp³-hybridized carbons (Fsp3) is 0.889. The maximum absolute atomic E-state index is 11.7. The highest BCUT2D eigenvalue weighted by Crippen LogP contribution is 2.14. The number of hydrogen-bond acceptors (Lipinski definition) is 4. The van der Waals surface area contributed by atoms with Crippen LogP contribution in [0.25, 0.3) is 0 Å². The lowest BCUT2D eigenvalue weighted by atomic mass is 10.5. The fourth-order valence-electron chi connectivity index (χ4n) is 1.00. The zero-order chi connectivity index (χ0) is 14.9. The quantitative estimate of drug-likeness (QED) is 0.634. The molecular weight excluding hydrogens is 287 g/mol. The predicted molar refractivity (Wildman–Crippen MR) is 61.3 cm³/mol. The van der Waals surface area contributed by atoms with E-state index in [0.717, 1.165) is 4.31 Å². The van der Waals surface area contributed by atoms with Gasteiger partial charge < -0.3 is 4.74 Å². The summed E-state index contributed by atoms with van der Waals surface area (Å²) in [6.07, 6.45) is -4.19. The van der Waals surface area contributed by atoms with Gasteiger partial charge in [0.1, 0.15) is 6.61 Å². The molecule has 0 spiro atoms. The molecule has 0 bridgehead atoms. The molecule has 1 N–H and O–H groups in total. The summed E-state index contributed by atoms with van der Waals surface area (Å²) in [6.45, 7) is -1.51. The molecule has 0 aliphatic heterocycles. The highest BCUT2D eigenvalue weighted by molar-refractivity contribution is 7.87. The molecule has 0 saturated carbocycles. The van der Waals surface area contributed by atoms with E-state index in [-0.39, 0.29) is 32.5 Å². The van der Waals surface area contributed by atoms with Gasteiger partial charge in [-0.1, -0.05) is 0 Å². The van der Waals surface area contributed by atoms with Crippen LogP contribution in [0.2, 0.25) is 0 Å². The van der Waals surface area contributed by atoms with Gasteiger partial charge in [-0.25, -0.2) is 4.72 Å². The maximum atomic E-state index is 11.7. The van der Waals surface area contributed by atoms with Crippen LogP contribution >= 0.6 is 0 Å². The summed E-state index contributed by atoms with van der Waals surface area (Å²) >= 11 is 0. The molecule has 0 saturated heterocycles. The minimum atomic E-state index is -4.38. The standard InChI is InChI=1S/C9H16F3N3O3S/c1-15(6-2-4-13)19(16,17)14-5-3-7-18-8-9(10,11)12/h14H,2-3,5-8H2,1H3. The number of halogens is 3. The first-order valence-electron chi connectivity index (χ1n) is 5.41. The van der Waals surface area contributed by atoms with Gasteiger partial charge in [0.2, 0.25) is 0 Å². The summed E-state index contributed by atoms with van der Waals surface area (Å²) in [5.41, 5.74) is 0. The van der Waals surface area contributed by atoms with E-state index in [1.54, 1.807) is 0 Å². The van der Waals surface area contributed by atoms with Gasteiger partial charge >= 0.3 is 6.18 Å². The van der Waals surface area contributed by atoms with E-state index in [1.165, 1.54) is 7.05 Å². The smallest absolute Gasteiger partial charge is 0.372 e. The number of rotatable bonds is 9. The van der Waals surface area contributed by atoms with E-state index in [4.69, 9.17) is 5.26 Å². The highest BCUT2D eigenvalue weighted by Gasteiger charge is 2.27. The van der Waals surface area contributed by atoms with Crippen molar-refractivity contribution >= 4 is 10.2 Å². The van der Waals surface area contributed by atoms with E-state index < -0.39 is 23.0 Å². The third-order valence-corrected chi connectivity index (χ3v) is 3.54. The van der Waals surface area contributed by atoms with Crippen LogP contribution < -0.4 is 4.72 Å². The number of nitriles is 1. The normalized spacial score (nSPS) is 12.6. The van der Waals surface area contributed by atoms with Crippen molar-refractivity contribution in [3.63, 3.8) is 0 Å². The van der Waals surface area contributed by atoms with Gasteiger partial charge in [0, 0.05) is 33.2 Å². The van der Waals surface area contributed by atoms with Crippen LogP contribution in [-0.2, 0) is 14.9 Å². The van der Waals surface area contributed by atoms with Crippen molar-refractivity contribution in [2.75, 3.05) is 33.4 Å². The molecule has 0 aliphatic rings. The first-order chi connectivity index (χ1) is 8.69. The van der Waals surface area contributed by atoms with Crippen molar-refractivity contribution in [2.24, 2.45) is 0 Å². The molecular formula is C9H16F3N3O3S. The molecule has 0 amide bonds. The van der Waals surface area contributed by atoms with Crippen LogP contribution in [0.5, 0.6) is 0 Å². The van der Waals surface area contributed by atoms with Gasteiger partial charge in [-0.3, -0.25) is 0 Å². The lowest BCUT2D eigenvalue weighted by Crippen LogP contribution is -2.39. The van der Waals surface area contributed by atoms with E-state index >= 15 is 0 Å². The lowest BCUT2D eigenvalue weighted by molar-refractivity contribution is -0.173. The van der Waals surface area contributed by atoms with Gasteiger partial charge in [0.25, 0.3) is 10.2 Å². The van der Waals surface area contributed by atoms with Crippen LogP contribution in [0.4, 0.5) is 13.2 Å². The van der Waals surface area contributed by atoms with Crippen LogP contribution in [0, 0.1) is 11.3 Å². The predicted octanol–water partition coefficient (Wildman–Crippen LogP) is 0.635. The number of nitrogens with one attached hydrogen (secondary N) is 1. The van der Waals surface area contributed by atoms with Crippen molar-refractivity contribution in [3.05, 3.63) is 0 Å².